The Balaban J connectivity index is 1.60. The number of carbonyl (C=O) groups is 1. The number of para-hydroxylation sites is 2. The van der Waals surface area contributed by atoms with Crippen LogP contribution in [0.2, 0.25) is 0 Å². The summed E-state index contributed by atoms with van der Waals surface area (Å²) >= 11 is 0. The third-order valence-corrected chi connectivity index (χ3v) is 3.49. The highest BCUT2D eigenvalue weighted by Gasteiger charge is 2.26. The Morgan fingerprint density at radius 3 is 2.82 bits per heavy atom. The van der Waals surface area contributed by atoms with Gasteiger partial charge >= 0.3 is 0 Å². The zero-order valence-electron chi connectivity index (χ0n) is 12.1. The first-order valence-corrected chi connectivity index (χ1v) is 7.05. The van der Waals surface area contributed by atoms with Gasteiger partial charge in [0, 0.05) is 6.54 Å². The van der Waals surface area contributed by atoms with E-state index < -0.39 is 6.10 Å². The fraction of sp³-hybridized carbons (Fsp3) is 0.235. The lowest BCUT2D eigenvalue weighted by Gasteiger charge is -2.25. The van der Waals surface area contributed by atoms with E-state index in [4.69, 9.17) is 9.47 Å². The summed E-state index contributed by atoms with van der Waals surface area (Å²) in [6, 6.07) is 12.0. The number of aryl methyl sites for hydroxylation is 1. The van der Waals surface area contributed by atoms with Gasteiger partial charge in [0.25, 0.3) is 5.91 Å². The number of ether oxygens (including phenoxy) is 2. The molecule has 114 valence electrons. The van der Waals surface area contributed by atoms with E-state index in [-0.39, 0.29) is 18.3 Å². The lowest BCUT2D eigenvalue weighted by atomic mass is 10.1. The third kappa shape index (κ3) is 3.03. The minimum Gasteiger partial charge on any atom is -0.485 e. The molecule has 2 aromatic carbocycles. The van der Waals surface area contributed by atoms with Crippen molar-refractivity contribution in [3.05, 3.63) is 59.4 Å². The number of halogens is 1. The van der Waals surface area contributed by atoms with Crippen LogP contribution < -0.4 is 14.8 Å². The normalized spacial score (nSPS) is 16.2. The molecule has 0 radical (unpaired) electrons. The number of hydrogen-bond acceptors (Lipinski definition) is 3. The third-order valence-electron chi connectivity index (χ3n) is 3.49. The van der Waals surface area contributed by atoms with Gasteiger partial charge in [-0.3, -0.25) is 4.79 Å². The lowest BCUT2D eigenvalue weighted by Crippen LogP contribution is -2.43. The number of fused-ring (bicyclic) bond motifs is 1. The Labute approximate surface area is 127 Å². The molecular formula is C17H16FNO3. The summed E-state index contributed by atoms with van der Waals surface area (Å²) in [5.74, 6) is 0.694. The van der Waals surface area contributed by atoms with Gasteiger partial charge in [0.15, 0.2) is 11.5 Å². The van der Waals surface area contributed by atoms with E-state index in [2.05, 4.69) is 5.32 Å². The summed E-state index contributed by atoms with van der Waals surface area (Å²) in [5, 5.41) is 2.78. The molecule has 0 saturated heterocycles. The Morgan fingerprint density at radius 2 is 2.05 bits per heavy atom. The summed E-state index contributed by atoms with van der Waals surface area (Å²) in [5.41, 5.74) is 1.39. The van der Waals surface area contributed by atoms with Crippen molar-refractivity contribution < 1.29 is 18.7 Å². The van der Waals surface area contributed by atoms with Crippen LogP contribution in [0.1, 0.15) is 11.1 Å². The Kier molecular flexibility index (Phi) is 3.96. The van der Waals surface area contributed by atoms with Crippen LogP contribution in [0.3, 0.4) is 0 Å². The molecule has 1 aliphatic heterocycles. The van der Waals surface area contributed by atoms with Crippen LogP contribution in [0.25, 0.3) is 0 Å². The molecular weight excluding hydrogens is 285 g/mol. The first-order valence-electron chi connectivity index (χ1n) is 7.05. The van der Waals surface area contributed by atoms with Crippen LogP contribution in [0.15, 0.2) is 42.5 Å². The predicted molar refractivity (Wildman–Crippen MR) is 79.3 cm³/mol. The molecule has 0 spiro atoms. The average molecular weight is 301 g/mol. The van der Waals surface area contributed by atoms with Crippen LogP contribution in [-0.2, 0) is 11.3 Å². The van der Waals surface area contributed by atoms with Crippen LogP contribution >= 0.6 is 0 Å². The van der Waals surface area contributed by atoms with Gasteiger partial charge in [0.1, 0.15) is 12.4 Å². The molecule has 22 heavy (non-hydrogen) atoms. The number of hydrogen-bond donors (Lipinski definition) is 1. The maximum absolute atomic E-state index is 13.2. The molecule has 0 bridgehead atoms. The molecule has 1 aliphatic rings. The molecule has 5 heteroatoms. The van der Waals surface area contributed by atoms with Crippen LogP contribution in [-0.4, -0.2) is 18.6 Å². The van der Waals surface area contributed by atoms with E-state index in [1.54, 1.807) is 31.2 Å². The van der Waals surface area contributed by atoms with Crippen molar-refractivity contribution in [1.29, 1.82) is 0 Å². The number of benzene rings is 2. The second-order valence-electron chi connectivity index (χ2n) is 5.17. The fourth-order valence-corrected chi connectivity index (χ4v) is 2.27. The van der Waals surface area contributed by atoms with Gasteiger partial charge in [-0.2, -0.15) is 0 Å². The molecule has 0 saturated carbocycles. The summed E-state index contributed by atoms with van der Waals surface area (Å²) < 4.78 is 24.3. The highest BCUT2D eigenvalue weighted by atomic mass is 19.1. The van der Waals surface area contributed by atoms with Gasteiger partial charge in [-0.15, -0.1) is 0 Å². The number of carbonyl (C=O) groups excluding carboxylic acids is 1. The Bertz CT molecular complexity index is 702. The molecule has 2 aromatic rings. The van der Waals surface area contributed by atoms with E-state index in [0.29, 0.717) is 23.6 Å². The van der Waals surface area contributed by atoms with Gasteiger partial charge in [-0.05, 0) is 36.2 Å². The maximum atomic E-state index is 13.2. The molecule has 0 fully saturated rings. The first kappa shape index (κ1) is 14.4. The van der Waals surface area contributed by atoms with Crippen LogP contribution in [0.5, 0.6) is 11.5 Å². The highest BCUT2D eigenvalue weighted by Crippen LogP contribution is 2.30. The smallest absolute Gasteiger partial charge is 0.264 e. The van der Waals surface area contributed by atoms with Gasteiger partial charge < -0.3 is 14.8 Å². The first-order chi connectivity index (χ1) is 10.6. The van der Waals surface area contributed by atoms with E-state index in [0.717, 1.165) is 5.56 Å². The van der Waals surface area contributed by atoms with Crippen molar-refractivity contribution >= 4 is 5.91 Å². The Morgan fingerprint density at radius 1 is 1.27 bits per heavy atom. The molecule has 1 atom stereocenters. The Hall–Kier alpha value is -2.56. The van der Waals surface area contributed by atoms with Crippen molar-refractivity contribution in [1.82, 2.24) is 5.32 Å². The number of nitrogens with one attached hydrogen (secondary N) is 1. The monoisotopic (exact) mass is 301 g/mol. The molecule has 1 N–H and O–H groups in total. The van der Waals surface area contributed by atoms with Gasteiger partial charge in [-0.25, -0.2) is 4.39 Å². The maximum Gasteiger partial charge on any atom is 0.264 e. The topological polar surface area (TPSA) is 47.6 Å². The van der Waals surface area contributed by atoms with Crippen LogP contribution in [0, 0.1) is 12.7 Å². The second kappa shape index (κ2) is 6.05. The SMILES string of the molecule is Cc1cc(CNC(=O)C2COc3ccccc3O2)ccc1F. The summed E-state index contributed by atoms with van der Waals surface area (Å²) in [7, 11) is 0. The summed E-state index contributed by atoms with van der Waals surface area (Å²) in [6.45, 7) is 2.18. The molecule has 1 heterocycles. The second-order valence-corrected chi connectivity index (χ2v) is 5.17. The van der Waals surface area contributed by atoms with E-state index in [9.17, 15) is 9.18 Å². The van der Waals surface area contributed by atoms with E-state index in [1.807, 2.05) is 12.1 Å². The van der Waals surface area contributed by atoms with Crippen molar-refractivity contribution in [2.45, 2.75) is 19.6 Å². The number of amides is 1. The fourth-order valence-electron chi connectivity index (χ4n) is 2.27. The van der Waals surface area contributed by atoms with Crippen molar-refractivity contribution in [2.24, 2.45) is 0 Å². The van der Waals surface area contributed by atoms with E-state index in [1.165, 1.54) is 6.07 Å². The van der Waals surface area contributed by atoms with Gasteiger partial charge in [0.2, 0.25) is 6.10 Å². The van der Waals surface area contributed by atoms with Crippen molar-refractivity contribution in [3.63, 3.8) is 0 Å². The van der Waals surface area contributed by atoms with Gasteiger partial charge in [0.05, 0.1) is 0 Å². The zero-order valence-corrected chi connectivity index (χ0v) is 12.1. The minimum atomic E-state index is -0.684. The van der Waals surface area contributed by atoms with Crippen molar-refractivity contribution in [2.75, 3.05) is 6.61 Å². The van der Waals surface area contributed by atoms with Gasteiger partial charge in [-0.1, -0.05) is 24.3 Å². The highest BCUT2D eigenvalue weighted by molar-refractivity contribution is 5.81. The average Bonchev–Trinajstić information content (AvgIpc) is 2.55. The quantitative estimate of drug-likeness (QED) is 0.948. The van der Waals surface area contributed by atoms with E-state index >= 15 is 0 Å². The number of rotatable bonds is 3. The van der Waals surface area contributed by atoms with Crippen LogP contribution in [0.4, 0.5) is 4.39 Å². The zero-order chi connectivity index (χ0) is 15.5. The van der Waals surface area contributed by atoms with Crippen molar-refractivity contribution in [3.8, 4) is 11.5 Å². The predicted octanol–water partition coefficient (Wildman–Crippen LogP) is 2.59. The molecule has 3 rings (SSSR count). The largest absolute Gasteiger partial charge is 0.485 e. The molecule has 4 nitrogen and oxygen atoms in total. The molecule has 0 aromatic heterocycles. The standard InChI is InChI=1S/C17H16FNO3/c1-11-8-12(6-7-13(11)18)9-19-17(20)16-10-21-14-4-2-3-5-15(14)22-16/h2-8,16H,9-10H2,1H3,(H,19,20). The molecule has 1 unspecified atom stereocenters. The summed E-state index contributed by atoms with van der Waals surface area (Å²) in [4.78, 5) is 12.1. The lowest BCUT2D eigenvalue weighted by molar-refractivity contribution is -0.130. The molecule has 0 aliphatic carbocycles. The minimum absolute atomic E-state index is 0.172. The summed E-state index contributed by atoms with van der Waals surface area (Å²) in [6.07, 6.45) is -0.684. The molecule has 1 amide bonds.